The van der Waals surface area contributed by atoms with Gasteiger partial charge >= 0.3 is 6.09 Å². The van der Waals surface area contributed by atoms with Crippen LogP contribution in [0.1, 0.15) is 65.6 Å². The number of rotatable bonds is 4. The van der Waals surface area contributed by atoms with Crippen LogP contribution < -0.4 is 5.32 Å². The summed E-state index contributed by atoms with van der Waals surface area (Å²) in [5, 5.41) is 2.81. The van der Waals surface area contributed by atoms with Crippen LogP contribution in [0, 0.1) is 5.41 Å². The van der Waals surface area contributed by atoms with Gasteiger partial charge in [0.15, 0.2) is 0 Å². The third-order valence-corrected chi connectivity index (χ3v) is 4.33. The van der Waals surface area contributed by atoms with Gasteiger partial charge in [-0.3, -0.25) is 0 Å². The van der Waals surface area contributed by atoms with Crippen LogP contribution in [0.2, 0.25) is 0 Å². The molecule has 1 unspecified atom stereocenters. The van der Waals surface area contributed by atoms with Gasteiger partial charge in [0.25, 0.3) is 0 Å². The smallest absolute Gasteiger partial charge is 0.407 e. The zero-order valence-electron chi connectivity index (χ0n) is 14.5. The molecule has 0 aromatic carbocycles. The molecular weight excluding hydrogens is 278 g/mol. The molecule has 1 atom stereocenters. The number of nitrogens with one attached hydrogen (secondary N) is 1. The SMILES string of the molecule is CC(C)(C)OC(=O)NCCc1cncn1C1CCCC1(C)C. The highest BCUT2D eigenvalue weighted by atomic mass is 16.6. The maximum atomic E-state index is 11.7. The largest absolute Gasteiger partial charge is 0.444 e. The van der Waals surface area contributed by atoms with E-state index in [4.69, 9.17) is 4.74 Å². The van der Waals surface area contributed by atoms with Gasteiger partial charge in [-0.2, -0.15) is 0 Å². The van der Waals surface area contributed by atoms with Crippen LogP contribution in [0.5, 0.6) is 0 Å². The molecule has 124 valence electrons. The molecule has 1 saturated carbocycles. The average Bonchev–Trinajstić information content (AvgIpc) is 2.92. The van der Waals surface area contributed by atoms with Crippen molar-refractivity contribution in [2.75, 3.05) is 6.54 Å². The Bertz CT molecular complexity index is 514. The summed E-state index contributed by atoms with van der Waals surface area (Å²) in [6.07, 6.45) is 7.98. The molecule has 0 radical (unpaired) electrons. The number of aromatic nitrogens is 2. The summed E-state index contributed by atoms with van der Waals surface area (Å²) >= 11 is 0. The van der Waals surface area contributed by atoms with Gasteiger partial charge in [0.05, 0.1) is 6.33 Å². The molecule has 1 aromatic rings. The van der Waals surface area contributed by atoms with E-state index in [0.717, 1.165) is 6.42 Å². The molecule has 0 saturated heterocycles. The lowest BCUT2D eigenvalue weighted by atomic mass is 9.87. The molecule has 1 aromatic heterocycles. The zero-order valence-corrected chi connectivity index (χ0v) is 14.5. The fraction of sp³-hybridized carbons (Fsp3) is 0.765. The summed E-state index contributed by atoms with van der Waals surface area (Å²) in [4.78, 5) is 16.0. The molecular formula is C17H29N3O2. The number of ether oxygens (including phenoxy) is 1. The van der Waals surface area contributed by atoms with E-state index in [0.29, 0.717) is 18.0 Å². The normalized spacial score (nSPS) is 20.9. The third-order valence-electron chi connectivity index (χ3n) is 4.33. The van der Waals surface area contributed by atoms with Gasteiger partial charge in [-0.1, -0.05) is 20.3 Å². The summed E-state index contributed by atoms with van der Waals surface area (Å²) < 4.78 is 7.54. The number of carbonyl (C=O) groups excluding carboxylic acids is 1. The van der Waals surface area contributed by atoms with Gasteiger partial charge in [0, 0.05) is 30.9 Å². The second-order valence-corrected chi connectivity index (χ2v) is 7.87. The van der Waals surface area contributed by atoms with Crippen molar-refractivity contribution in [2.45, 2.75) is 71.9 Å². The van der Waals surface area contributed by atoms with Crippen LogP contribution in [0.25, 0.3) is 0 Å². The Hall–Kier alpha value is -1.52. The number of hydrogen-bond donors (Lipinski definition) is 1. The standard InChI is InChI=1S/C17H29N3O2/c1-16(2,3)22-15(21)19-10-8-13-11-18-12-20(13)14-7-6-9-17(14,4)5/h11-12,14H,6-10H2,1-5H3,(H,19,21). The van der Waals surface area contributed by atoms with Crippen molar-refractivity contribution in [1.82, 2.24) is 14.9 Å². The fourth-order valence-electron chi connectivity index (χ4n) is 3.24. The molecule has 5 nitrogen and oxygen atoms in total. The predicted octanol–water partition coefficient (Wildman–Crippen LogP) is 3.70. The molecule has 0 bridgehead atoms. The van der Waals surface area contributed by atoms with Gasteiger partial charge in [-0.05, 0) is 39.0 Å². The lowest BCUT2D eigenvalue weighted by molar-refractivity contribution is 0.0528. The van der Waals surface area contributed by atoms with Crippen molar-refractivity contribution in [2.24, 2.45) is 5.41 Å². The second-order valence-electron chi connectivity index (χ2n) is 7.87. The van der Waals surface area contributed by atoms with Crippen LogP contribution in [0.4, 0.5) is 4.79 Å². The molecule has 1 aliphatic carbocycles. The second kappa shape index (κ2) is 6.31. The fourth-order valence-corrected chi connectivity index (χ4v) is 3.24. The van der Waals surface area contributed by atoms with Crippen molar-refractivity contribution in [3.63, 3.8) is 0 Å². The van der Waals surface area contributed by atoms with Crippen molar-refractivity contribution >= 4 is 6.09 Å². The predicted molar refractivity (Wildman–Crippen MR) is 86.8 cm³/mol. The molecule has 5 heteroatoms. The first kappa shape index (κ1) is 16.8. The Morgan fingerprint density at radius 2 is 2.23 bits per heavy atom. The molecule has 1 N–H and O–H groups in total. The Morgan fingerprint density at radius 3 is 2.82 bits per heavy atom. The molecule has 1 fully saturated rings. The van der Waals surface area contributed by atoms with Gasteiger partial charge in [0.1, 0.15) is 5.60 Å². The number of carbonyl (C=O) groups is 1. The van der Waals surface area contributed by atoms with E-state index < -0.39 is 5.60 Å². The van der Waals surface area contributed by atoms with Crippen LogP contribution >= 0.6 is 0 Å². The Balaban J connectivity index is 1.90. The van der Waals surface area contributed by atoms with E-state index in [9.17, 15) is 4.79 Å². The van der Waals surface area contributed by atoms with E-state index >= 15 is 0 Å². The molecule has 0 spiro atoms. The van der Waals surface area contributed by atoms with Crippen LogP contribution in [-0.4, -0.2) is 27.8 Å². The van der Waals surface area contributed by atoms with Gasteiger partial charge in [0.2, 0.25) is 0 Å². The topological polar surface area (TPSA) is 56.1 Å². The highest BCUT2D eigenvalue weighted by Gasteiger charge is 2.36. The van der Waals surface area contributed by atoms with Crippen molar-refractivity contribution in [3.8, 4) is 0 Å². The molecule has 0 aliphatic heterocycles. The molecule has 22 heavy (non-hydrogen) atoms. The highest BCUT2D eigenvalue weighted by molar-refractivity contribution is 5.67. The van der Waals surface area contributed by atoms with E-state index in [1.807, 2.05) is 33.3 Å². The maximum Gasteiger partial charge on any atom is 0.407 e. The highest BCUT2D eigenvalue weighted by Crippen LogP contribution is 2.46. The number of alkyl carbamates (subject to hydrolysis) is 1. The monoisotopic (exact) mass is 307 g/mol. The van der Waals surface area contributed by atoms with Crippen LogP contribution in [-0.2, 0) is 11.2 Å². The molecule has 1 heterocycles. The number of nitrogens with zero attached hydrogens (tertiary/aromatic N) is 2. The summed E-state index contributed by atoms with van der Waals surface area (Å²) in [6, 6.07) is 0.506. The Labute approximate surface area is 133 Å². The third kappa shape index (κ3) is 4.24. The van der Waals surface area contributed by atoms with Gasteiger partial charge in [-0.25, -0.2) is 9.78 Å². The van der Waals surface area contributed by atoms with Crippen molar-refractivity contribution in [1.29, 1.82) is 0 Å². The summed E-state index contributed by atoms with van der Waals surface area (Å²) in [6.45, 7) is 10.8. The van der Waals surface area contributed by atoms with Crippen LogP contribution in [0.3, 0.4) is 0 Å². The number of hydrogen-bond acceptors (Lipinski definition) is 3. The first-order valence-electron chi connectivity index (χ1n) is 8.17. The Morgan fingerprint density at radius 1 is 1.50 bits per heavy atom. The minimum Gasteiger partial charge on any atom is -0.444 e. The van der Waals surface area contributed by atoms with Crippen molar-refractivity contribution < 1.29 is 9.53 Å². The van der Waals surface area contributed by atoms with E-state index in [1.54, 1.807) is 0 Å². The first-order chi connectivity index (χ1) is 10.2. The molecule has 2 rings (SSSR count). The van der Waals surface area contributed by atoms with Crippen LogP contribution in [0.15, 0.2) is 12.5 Å². The van der Waals surface area contributed by atoms with E-state index in [2.05, 4.69) is 28.7 Å². The van der Waals surface area contributed by atoms with E-state index in [1.165, 1.54) is 25.0 Å². The number of amides is 1. The molecule has 1 aliphatic rings. The summed E-state index contributed by atoms with van der Waals surface area (Å²) in [7, 11) is 0. The summed E-state index contributed by atoms with van der Waals surface area (Å²) in [5.41, 5.74) is 1.03. The first-order valence-corrected chi connectivity index (χ1v) is 8.17. The number of imidazole rings is 1. The average molecular weight is 307 g/mol. The maximum absolute atomic E-state index is 11.7. The minimum absolute atomic E-state index is 0.314. The quantitative estimate of drug-likeness (QED) is 0.922. The van der Waals surface area contributed by atoms with Gasteiger partial charge in [-0.15, -0.1) is 0 Å². The minimum atomic E-state index is -0.459. The van der Waals surface area contributed by atoms with E-state index in [-0.39, 0.29) is 6.09 Å². The lowest BCUT2D eigenvalue weighted by Crippen LogP contribution is -2.34. The summed E-state index contributed by atoms with van der Waals surface area (Å²) in [5.74, 6) is 0. The Kier molecular flexibility index (Phi) is 4.83. The van der Waals surface area contributed by atoms with Gasteiger partial charge < -0.3 is 14.6 Å². The molecule has 1 amide bonds. The lowest BCUT2D eigenvalue weighted by Gasteiger charge is -2.29. The zero-order chi connectivity index (χ0) is 16.4. The van der Waals surface area contributed by atoms with Crippen molar-refractivity contribution in [3.05, 3.63) is 18.2 Å².